The van der Waals surface area contributed by atoms with E-state index in [0.29, 0.717) is 19.8 Å². The Morgan fingerprint density at radius 1 is 1.32 bits per heavy atom. The Kier molecular flexibility index (Phi) is 4.76. The highest BCUT2D eigenvalue weighted by Crippen LogP contribution is 2.33. The van der Waals surface area contributed by atoms with Crippen LogP contribution < -0.4 is 0 Å². The van der Waals surface area contributed by atoms with E-state index in [4.69, 9.17) is 9.47 Å². The summed E-state index contributed by atoms with van der Waals surface area (Å²) >= 11 is 0. The number of hydrogen-bond acceptors (Lipinski definition) is 4. The van der Waals surface area contributed by atoms with E-state index in [-0.39, 0.29) is 24.0 Å². The van der Waals surface area contributed by atoms with Crippen LogP contribution in [-0.4, -0.2) is 54.4 Å². The summed E-state index contributed by atoms with van der Waals surface area (Å²) in [6.45, 7) is 1.33. The number of rotatable bonds is 5. The van der Waals surface area contributed by atoms with Crippen LogP contribution in [0.15, 0.2) is 30.3 Å². The molecule has 2 aliphatic rings. The second-order valence-corrected chi connectivity index (χ2v) is 6.21. The van der Waals surface area contributed by atoms with E-state index in [2.05, 4.69) is 0 Å². The third-order valence-corrected chi connectivity index (χ3v) is 4.64. The highest BCUT2D eigenvalue weighted by Gasteiger charge is 2.40. The van der Waals surface area contributed by atoms with Gasteiger partial charge >= 0.3 is 0 Å². The Morgan fingerprint density at radius 3 is 2.68 bits per heavy atom. The molecule has 1 saturated carbocycles. The monoisotopic (exact) mass is 305 g/mol. The van der Waals surface area contributed by atoms with E-state index in [1.807, 2.05) is 30.3 Å². The Morgan fingerprint density at radius 2 is 2.05 bits per heavy atom. The fraction of sp³-hybridized carbons (Fsp3) is 0.588. The molecule has 2 atom stereocenters. The number of nitrogens with zero attached hydrogens (tertiary/aromatic N) is 1. The molecule has 1 aromatic rings. The molecule has 5 nitrogen and oxygen atoms in total. The molecule has 0 radical (unpaired) electrons. The van der Waals surface area contributed by atoms with Gasteiger partial charge in [0.15, 0.2) is 0 Å². The molecule has 2 fully saturated rings. The Hall–Kier alpha value is -1.43. The fourth-order valence-electron chi connectivity index (χ4n) is 3.04. The maximum Gasteiger partial charge on any atom is 0.226 e. The summed E-state index contributed by atoms with van der Waals surface area (Å²) in [6, 6.07) is 9.84. The molecule has 1 amide bonds. The van der Waals surface area contributed by atoms with Crippen LogP contribution in [-0.2, 0) is 20.9 Å². The molecular formula is C17H23NO4. The molecule has 1 N–H and O–H groups in total. The van der Waals surface area contributed by atoms with Gasteiger partial charge in [0.1, 0.15) is 0 Å². The van der Waals surface area contributed by atoms with Crippen molar-refractivity contribution in [1.29, 1.82) is 0 Å². The van der Waals surface area contributed by atoms with Gasteiger partial charge in [-0.1, -0.05) is 30.3 Å². The quantitative estimate of drug-likeness (QED) is 0.888. The number of hydrogen-bond donors (Lipinski definition) is 1. The van der Waals surface area contributed by atoms with Crippen LogP contribution in [0.3, 0.4) is 0 Å². The predicted molar refractivity (Wildman–Crippen MR) is 81.1 cm³/mol. The van der Waals surface area contributed by atoms with Crippen molar-refractivity contribution in [2.75, 3.05) is 20.3 Å². The zero-order valence-electron chi connectivity index (χ0n) is 12.9. The first-order valence-corrected chi connectivity index (χ1v) is 7.83. The third-order valence-electron chi connectivity index (χ3n) is 4.64. The average Bonchev–Trinajstić information content (AvgIpc) is 2.92. The lowest BCUT2D eigenvalue weighted by Crippen LogP contribution is -2.50. The topological polar surface area (TPSA) is 59.0 Å². The average molecular weight is 305 g/mol. The molecule has 3 rings (SSSR count). The van der Waals surface area contributed by atoms with Gasteiger partial charge in [-0.05, 0) is 18.4 Å². The molecule has 0 unspecified atom stereocenters. The van der Waals surface area contributed by atoms with Gasteiger partial charge in [-0.3, -0.25) is 4.79 Å². The lowest BCUT2D eigenvalue weighted by atomic mass is 9.81. The molecule has 1 aliphatic heterocycles. The molecule has 1 aromatic carbocycles. The fourth-order valence-corrected chi connectivity index (χ4v) is 3.04. The van der Waals surface area contributed by atoms with Crippen LogP contribution in [0.25, 0.3) is 0 Å². The second-order valence-electron chi connectivity index (χ2n) is 6.21. The predicted octanol–water partition coefficient (Wildman–Crippen LogP) is 1.20. The van der Waals surface area contributed by atoms with Gasteiger partial charge in [-0.15, -0.1) is 0 Å². The van der Waals surface area contributed by atoms with Crippen molar-refractivity contribution in [3.63, 3.8) is 0 Å². The smallest absolute Gasteiger partial charge is 0.226 e. The number of likely N-dealkylation sites (N-methyl/N-ethyl adjacent to an activating group) is 1. The first-order chi connectivity index (χ1) is 10.6. The third kappa shape index (κ3) is 3.32. The van der Waals surface area contributed by atoms with Crippen LogP contribution in [0, 0.1) is 5.92 Å². The Labute approximate surface area is 130 Å². The highest BCUT2D eigenvalue weighted by atomic mass is 16.5. The number of carbonyl (C=O) groups excluding carboxylic acids is 1. The number of amides is 1. The van der Waals surface area contributed by atoms with E-state index in [1.54, 1.807) is 11.9 Å². The summed E-state index contributed by atoms with van der Waals surface area (Å²) in [6.07, 6.45) is 1.12. The Bertz CT molecular complexity index is 501. The minimum absolute atomic E-state index is 0.0126. The summed E-state index contributed by atoms with van der Waals surface area (Å²) in [5, 5.41) is 9.80. The summed E-state index contributed by atoms with van der Waals surface area (Å²) in [7, 11) is 1.75. The molecule has 0 spiro atoms. The maximum atomic E-state index is 12.4. The zero-order chi connectivity index (χ0) is 15.5. The van der Waals surface area contributed by atoms with Crippen LogP contribution in [0.1, 0.15) is 18.4 Å². The van der Waals surface area contributed by atoms with Crippen molar-refractivity contribution in [2.45, 2.75) is 37.7 Å². The van der Waals surface area contributed by atoms with Crippen LogP contribution in [0.2, 0.25) is 0 Å². The van der Waals surface area contributed by atoms with Crippen molar-refractivity contribution in [3.8, 4) is 0 Å². The van der Waals surface area contributed by atoms with Gasteiger partial charge in [-0.25, -0.2) is 0 Å². The second kappa shape index (κ2) is 6.77. The largest absolute Gasteiger partial charge is 0.388 e. The van der Waals surface area contributed by atoms with E-state index < -0.39 is 6.10 Å². The van der Waals surface area contributed by atoms with Crippen LogP contribution in [0.5, 0.6) is 0 Å². The molecular weight excluding hydrogens is 282 g/mol. The van der Waals surface area contributed by atoms with Crippen molar-refractivity contribution in [2.24, 2.45) is 5.92 Å². The number of aliphatic hydroxyl groups excluding tert-OH is 1. The minimum Gasteiger partial charge on any atom is -0.388 e. The van der Waals surface area contributed by atoms with Gasteiger partial charge in [0.05, 0.1) is 38.1 Å². The summed E-state index contributed by atoms with van der Waals surface area (Å²) in [5.41, 5.74) is 1.15. The van der Waals surface area contributed by atoms with Crippen molar-refractivity contribution in [3.05, 3.63) is 35.9 Å². The van der Waals surface area contributed by atoms with Crippen LogP contribution in [0.4, 0.5) is 0 Å². The van der Waals surface area contributed by atoms with Gasteiger partial charge in [-0.2, -0.15) is 0 Å². The SMILES string of the molecule is CN(C(=O)C1CC(OCc2ccccc2)C1)[C@@H]1COC[C@H]1O. The molecule has 1 aliphatic carbocycles. The Balaban J connectivity index is 1.42. The lowest BCUT2D eigenvalue weighted by molar-refractivity contribution is -0.147. The maximum absolute atomic E-state index is 12.4. The summed E-state index contributed by atoms with van der Waals surface area (Å²) in [5.74, 6) is 0.104. The molecule has 22 heavy (non-hydrogen) atoms. The van der Waals surface area contributed by atoms with Gasteiger partial charge in [0, 0.05) is 13.0 Å². The van der Waals surface area contributed by atoms with E-state index in [9.17, 15) is 9.90 Å². The summed E-state index contributed by atoms with van der Waals surface area (Å²) in [4.78, 5) is 14.0. The van der Waals surface area contributed by atoms with E-state index >= 15 is 0 Å². The molecule has 0 bridgehead atoms. The number of aliphatic hydroxyl groups is 1. The number of benzene rings is 1. The first kappa shape index (κ1) is 15.5. The highest BCUT2D eigenvalue weighted by molar-refractivity contribution is 5.80. The van der Waals surface area contributed by atoms with Gasteiger partial charge in [0.2, 0.25) is 5.91 Å². The lowest BCUT2D eigenvalue weighted by Gasteiger charge is -2.38. The van der Waals surface area contributed by atoms with E-state index in [0.717, 1.165) is 18.4 Å². The zero-order valence-corrected chi connectivity index (χ0v) is 12.9. The van der Waals surface area contributed by atoms with Crippen molar-refractivity contribution in [1.82, 2.24) is 4.90 Å². The number of ether oxygens (including phenoxy) is 2. The first-order valence-electron chi connectivity index (χ1n) is 7.83. The standard InChI is InChI=1S/C17H23NO4/c1-18(15-10-21-11-16(15)19)17(20)13-7-14(8-13)22-9-12-5-3-2-4-6-12/h2-6,13-16,19H,7-11H2,1H3/t13?,14?,15-,16-/m1/s1. The van der Waals surface area contributed by atoms with Gasteiger partial charge in [0.25, 0.3) is 0 Å². The molecule has 1 saturated heterocycles. The van der Waals surface area contributed by atoms with Crippen LogP contribution >= 0.6 is 0 Å². The normalized spacial score (nSPS) is 30.8. The molecule has 1 heterocycles. The molecule has 0 aromatic heterocycles. The molecule has 5 heteroatoms. The van der Waals surface area contributed by atoms with Crippen molar-refractivity contribution < 1.29 is 19.4 Å². The minimum atomic E-state index is -0.570. The molecule has 120 valence electrons. The summed E-state index contributed by atoms with van der Waals surface area (Å²) < 4.78 is 11.0. The van der Waals surface area contributed by atoms with Crippen molar-refractivity contribution >= 4 is 5.91 Å². The van der Waals surface area contributed by atoms with Gasteiger partial charge < -0.3 is 19.5 Å². The number of carbonyl (C=O) groups is 1. The van der Waals surface area contributed by atoms with E-state index in [1.165, 1.54) is 0 Å².